The molecule has 0 bridgehead atoms. The lowest BCUT2D eigenvalue weighted by Gasteiger charge is -2.31. The molecular weight excluding hydrogens is 314 g/mol. The van der Waals surface area contributed by atoms with Crippen LogP contribution in [0.4, 0.5) is 6.01 Å². The van der Waals surface area contributed by atoms with Crippen LogP contribution in [-0.2, 0) is 4.79 Å². The molecule has 5 nitrogen and oxygen atoms in total. The minimum atomic E-state index is 0.184. The number of aromatic nitrogens is 1. The number of hydrogen-bond donors (Lipinski definition) is 1. The molecule has 2 heterocycles. The number of carbonyl (C=O) groups excluding carboxylic acids is 1. The van der Waals surface area contributed by atoms with Gasteiger partial charge in [0.25, 0.3) is 6.01 Å². The van der Waals surface area contributed by atoms with Crippen LogP contribution in [0.3, 0.4) is 0 Å². The fourth-order valence-corrected chi connectivity index (χ4v) is 3.37. The van der Waals surface area contributed by atoms with Crippen LogP contribution in [0.15, 0.2) is 22.6 Å². The zero-order valence-electron chi connectivity index (χ0n) is 12.9. The number of fused-ring (bicyclic) bond motifs is 1. The molecule has 1 saturated carbocycles. The highest BCUT2D eigenvalue weighted by Gasteiger charge is 2.28. The van der Waals surface area contributed by atoms with Crippen molar-refractivity contribution < 1.29 is 9.21 Å². The molecule has 1 aliphatic carbocycles. The number of carbonyl (C=O) groups is 1. The van der Waals surface area contributed by atoms with Crippen LogP contribution in [-0.4, -0.2) is 30.0 Å². The summed E-state index contributed by atoms with van der Waals surface area (Å²) in [6.45, 7) is 1.74. The number of oxazole rings is 1. The van der Waals surface area contributed by atoms with Gasteiger partial charge in [0.2, 0.25) is 5.91 Å². The Labute approximate surface area is 140 Å². The first-order valence-electron chi connectivity index (χ1n) is 8.28. The fourth-order valence-electron chi connectivity index (χ4n) is 3.20. The van der Waals surface area contributed by atoms with Gasteiger partial charge < -0.3 is 14.6 Å². The van der Waals surface area contributed by atoms with Crippen LogP contribution in [0, 0.1) is 5.92 Å². The first-order chi connectivity index (χ1) is 11.2. The van der Waals surface area contributed by atoms with Crippen LogP contribution in [0.2, 0.25) is 5.02 Å². The molecule has 0 spiro atoms. The van der Waals surface area contributed by atoms with Crippen LogP contribution >= 0.6 is 11.6 Å². The average Bonchev–Trinajstić information content (AvgIpc) is 3.23. The summed E-state index contributed by atoms with van der Waals surface area (Å²) in [5.41, 5.74) is 1.53. The Morgan fingerprint density at radius 2 is 2.26 bits per heavy atom. The van der Waals surface area contributed by atoms with Gasteiger partial charge in [-0.15, -0.1) is 0 Å². The molecule has 1 aromatic carbocycles. The quantitative estimate of drug-likeness (QED) is 0.932. The lowest BCUT2D eigenvalue weighted by molar-refractivity contribution is -0.122. The van der Waals surface area contributed by atoms with Crippen molar-refractivity contribution in [3.05, 3.63) is 23.2 Å². The molecule has 0 radical (unpaired) electrons. The van der Waals surface area contributed by atoms with E-state index < -0.39 is 0 Å². The Morgan fingerprint density at radius 1 is 1.39 bits per heavy atom. The molecule has 1 N–H and O–H groups in total. The van der Waals surface area contributed by atoms with Crippen LogP contribution in [0.1, 0.15) is 32.1 Å². The van der Waals surface area contributed by atoms with Crippen LogP contribution < -0.4 is 10.2 Å². The van der Waals surface area contributed by atoms with Gasteiger partial charge in [0, 0.05) is 36.6 Å². The Hall–Kier alpha value is -1.75. The first kappa shape index (κ1) is 14.8. The van der Waals surface area contributed by atoms with Crippen molar-refractivity contribution in [2.24, 2.45) is 5.92 Å². The Bertz CT molecular complexity index is 726. The Balaban J connectivity index is 1.43. The normalized spacial score (nSPS) is 21.6. The van der Waals surface area contributed by atoms with E-state index in [9.17, 15) is 4.79 Å². The zero-order chi connectivity index (χ0) is 15.8. The molecule has 1 amide bonds. The van der Waals surface area contributed by atoms with E-state index in [1.807, 2.05) is 12.1 Å². The average molecular weight is 334 g/mol. The maximum absolute atomic E-state index is 12.0. The largest absolute Gasteiger partial charge is 0.423 e. The van der Waals surface area contributed by atoms with E-state index in [-0.39, 0.29) is 5.91 Å². The van der Waals surface area contributed by atoms with Crippen molar-refractivity contribution in [1.82, 2.24) is 10.3 Å². The number of anilines is 1. The molecule has 1 aromatic heterocycles. The minimum Gasteiger partial charge on any atom is -0.423 e. The fraction of sp³-hybridized carbons (Fsp3) is 0.529. The minimum absolute atomic E-state index is 0.184. The summed E-state index contributed by atoms with van der Waals surface area (Å²) >= 11 is 5.99. The molecule has 1 atom stereocenters. The van der Waals surface area contributed by atoms with Gasteiger partial charge in [0.05, 0.1) is 0 Å². The third-order valence-corrected chi connectivity index (χ3v) is 4.78. The van der Waals surface area contributed by atoms with Crippen LogP contribution in [0.25, 0.3) is 11.1 Å². The van der Waals surface area contributed by atoms with E-state index in [0.717, 1.165) is 44.3 Å². The maximum Gasteiger partial charge on any atom is 0.298 e. The molecule has 122 valence electrons. The van der Waals surface area contributed by atoms with Crippen LogP contribution in [0.5, 0.6) is 0 Å². The number of nitrogens with one attached hydrogen (secondary N) is 1. The highest BCUT2D eigenvalue weighted by molar-refractivity contribution is 6.31. The third kappa shape index (κ3) is 3.44. The van der Waals surface area contributed by atoms with E-state index in [2.05, 4.69) is 15.2 Å². The lowest BCUT2D eigenvalue weighted by Crippen LogP contribution is -2.38. The smallest absolute Gasteiger partial charge is 0.298 e. The molecule has 6 heteroatoms. The Morgan fingerprint density at radius 3 is 3.09 bits per heavy atom. The highest BCUT2D eigenvalue weighted by atomic mass is 35.5. The van der Waals surface area contributed by atoms with E-state index in [1.165, 1.54) is 0 Å². The molecule has 2 fully saturated rings. The predicted molar refractivity (Wildman–Crippen MR) is 89.7 cm³/mol. The van der Waals surface area contributed by atoms with E-state index in [4.69, 9.17) is 16.0 Å². The summed E-state index contributed by atoms with van der Waals surface area (Å²) in [7, 11) is 0. The highest BCUT2D eigenvalue weighted by Crippen LogP contribution is 2.29. The molecule has 2 aliphatic rings. The predicted octanol–water partition coefficient (Wildman–Crippen LogP) is 3.37. The maximum atomic E-state index is 12.0. The van der Waals surface area contributed by atoms with Crippen molar-refractivity contribution in [2.45, 2.75) is 38.1 Å². The summed E-state index contributed by atoms with van der Waals surface area (Å²) in [5.74, 6) is 0.546. The van der Waals surface area contributed by atoms with Gasteiger partial charge in [0.15, 0.2) is 5.58 Å². The van der Waals surface area contributed by atoms with Gasteiger partial charge >= 0.3 is 0 Å². The van der Waals surface area contributed by atoms with Crippen molar-refractivity contribution in [3.8, 4) is 0 Å². The van der Waals surface area contributed by atoms with Crippen molar-refractivity contribution in [3.63, 3.8) is 0 Å². The van der Waals surface area contributed by atoms with E-state index in [0.29, 0.717) is 35.0 Å². The van der Waals surface area contributed by atoms with E-state index in [1.54, 1.807) is 6.07 Å². The number of hydrogen-bond acceptors (Lipinski definition) is 4. The summed E-state index contributed by atoms with van der Waals surface area (Å²) in [5, 5.41) is 3.72. The van der Waals surface area contributed by atoms with Gasteiger partial charge in [0.1, 0.15) is 5.52 Å². The summed E-state index contributed by atoms with van der Waals surface area (Å²) in [4.78, 5) is 18.7. The SMILES string of the molecule is O=C(CC1CCCN(c2nc3ccc(Cl)cc3o2)C1)NC1CC1. The molecule has 23 heavy (non-hydrogen) atoms. The summed E-state index contributed by atoms with van der Waals surface area (Å²) in [6.07, 6.45) is 5.00. The van der Waals surface area contributed by atoms with E-state index >= 15 is 0 Å². The third-order valence-electron chi connectivity index (χ3n) is 4.55. The number of halogens is 1. The summed E-state index contributed by atoms with van der Waals surface area (Å²) in [6, 6.07) is 6.54. The van der Waals surface area contributed by atoms with Gasteiger partial charge in [-0.2, -0.15) is 4.98 Å². The molecule has 1 unspecified atom stereocenters. The molecule has 1 aliphatic heterocycles. The van der Waals surface area contributed by atoms with Crippen molar-refractivity contribution in [2.75, 3.05) is 18.0 Å². The molecular formula is C17H20ClN3O2. The van der Waals surface area contributed by atoms with Gasteiger partial charge in [-0.3, -0.25) is 4.79 Å². The standard InChI is InChI=1S/C17H20ClN3O2/c18-12-3-6-14-15(9-12)23-17(20-14)21-7-1-2-11(10-21)8-16(22)19-13-4-5-13/h3,6,9,11,13H,1-2,4-5,7-8,10H2,(H,19,22). The van der Waals surface area contributed by atoms with Crippen molar-refractivity contribution >= 4 is 34.6 Å². The second-order valence-corrected chi connectivity index (χ2v) is 7.05. The monoisotopic (exact) mass is 333 g/mol. The zero-order valence-corrected chi connectivity index (χ0v) is 13.7. The van der Waals surface area contributed by atoms with Gasteiger partial charge in [-0.25, -0.2) is 0 Å². The van der Waals surface area contributed by atoms with Gasteiger partial charge in [-0.05, 0) is 43.7 Å². The second-order valence-electron chi connectivity index (χ2n) is 6.61. The number of benzene rings is 1. The number of rotatable bonds is 4. The van der Waals surface area contributed by atoms with Crippen molar-refractivity contribution in [1.29, 1.82) is 0 Å². The van der Waals surface area contributed by atoms with Gasteiger partial charge in [-0.1, -0.05) is 11.6 Å². The number of nitrogens with zero attached hydrogens (tertiary/aromatic N) is 2. The second kappa shape index (κ2) is 6.04. The lowest BCUT2D eigenvalue weighted by atomic mass is 9.94. The number of amides is 1. The summed E-state index contributed by atoms with van der Waals surface area (Å²) < 4.78 is 5.85. The first-order valence-corrected chi connectivity index (χ1v) is 8.65. The molecule has 2 aromatic rings. The topological polar surface area (TPSA) is 58.4 Å². The number of piperidine rings is 1. The molecule has 1 saturated heterocycles. The molecule has 4 rings (SSSR count). The Kier molecular flexibility index (Phi) is 3.89.